The molecule has 108 valence electrons. The number of hydrogen-bond donors (Lipinski definition) is 2. The van der Waals surface area contributed by atoms with Crippen molar-refractivity contribution in [1.82, 2.24) is 25.2 Å². The molecule has 2 rings (SSSR count). The van der Waals surface area contributed by atoms with Gasteiger partial charge in [-0.3, -0.25) is 16.0 Å². The van der Waals surface area contributed by atoms with Gasteiger partial charge in [-0.15, -0.1) is 0 Å². The van der Waals surface area contributed by atoms with Crippen molar-refractivity contribution in [2.75, 3.05) is 0 Å². The molecule has 2 aromatic rings. The highest BCUT2D eigenvalue weighted by molar-refractivity contribution is 5.12. The third kappa shape index (κ3) is 3.40. The second kappa shape index (κ2) is 6.58. The fourth-order valence-corrected chi connectivity index (χ4v) is 2.05. The van der Waals surface area contributed by atoms with E-state index < -0.39 is 0 Å². The van der Waals surface area contributed by atoms with Gasteiger partial charge < -0.3 is 0 Å². The largest absolute Gasteiger partial charge is 0.271 e. The first-order chi connectivity index (χ1) is 9.63. The number of aromatic nitrogens is 4. The van der Waals surface area contributed by atoms with Crippen LogP contribution in [0.15, 0.2) is 24.5 Å². The number of nitrogens with one attached hydrogen (secondary N) is 1. The average molecular weight is 274 g/mol. The standard InChI is InChI=1S/C14H22N6/c1-4-10(2)20-8-6-12(19-20)9-14(18-15)13-5-7-16-11(3)17-13/h5-8,10,14,18H,4,9,15H2,1-3H3. The number of nitrogens with two attached hydrogens (primary N) is 1. The Morgan fingerprint density at radius 3 is 2.85 bits per heavy atom. The van der Waals surface area contributed by atoms with Gasteiger partial charge in [0.15, 0.2) is 0 Å². The highest BCUT2D eigenvalue weighted by Gasteiger charge is 2.15. The summed E-state index contributed by atoms with van der Waals surface area (Å²) in [5, 5.41) is 4.59. The zero-order valence-corrected chi connectivity index (χ0v) is 12.2. The molecule has 0 aliphatic carbocycles. The lowest BCUT2D eigenvalue weighted by Crippen LogP contribution is -2.30. The third-order valence-electron chi connectivity index (χ3n) is 3.48. The minimum absolute atomic E-state index is 0.0583. The Bertz CT molecular complexity index is 550. The number of hydrazine groups is 1. The zero-order chi connectivity index (χ0) is 14.5. The molecule has 0 bridgehead atoms. The van der Waals surface area contributed by atoms with Crippen molar-refractivity contribution < 1.29 is 0 Å². The molecule has 2 atom stereocenters. The SMILES string of the molecule is CCC(C)n1ccc(CC(NN)c2ccnc(C)n2)n1. The lowest BCUT2D eigenvalue weighted by molar-refractivity contribution is 0.465. The molecule has 0 spiro atoms. The fourth-order valence-electron chi connectivity index (χ4n) is 2.05. The Hall–Kier alpha value is -1.79. The van der Waals surface area contributed by atoms with Crippen molar-refractivity contribution >= 4 is 0 Å². The van der Waals surface area contributed by atoms with Crippen LogP contribution in [0.1, 0.15) is 49.6 Å². The molecule has 6 nitrogen and oxygen atoms in total. The maximum atomic E-state index is 5.65. The van der Waals surface area contributed by atoms with Crippen LogP contribution in [0.4, 0.5) is 0 Å². The zero-order valence-electron chi connectivity index (χ0n) is 12.2. The average Bonchev–Trinajstić information content (AvgIpc) is 2.92. The minimum atomic E-state index is -0.0583. The summed E-state index contributed by atoms with van der Waals surface area (Å²) in [6, 6.07) is 4.26. The van der Waals surface area contributed by atoms with Crippen molar-refractivity contribution in [3.63, 3.8) is 0 Å². The second-order valence-corrected chi connectivity index (χ2v) is 5.00. The first kappa shape index (κ1) is 14.6. The topological polar surface area (TPSA) is 81.7 Å². The molecule has 0 aliphatic heterocycles. The van der Waals surface area contributed by atoms with E-state index in [4.69, 9.17) is 5.84 Å². The van der Waals surface area contributed by atoms with Gasteiger partial charge in [-0.25, -0.2) is 9.97 Å². The van der Waals surface area contributed by atoms with Crippen molar-refractivity contribution in [3.8, 4) is 0 Å². The van der Waals surface area contributed by atoms with Crippen LogP contribution in [0, 0.1) is 6.92 Å². The summed E-state index contributed by atoms with van der Waals surface area (Å²) in [6.07, 6.45) is 5.53. The maximum Gasteiger partial charge on any atom is 0.125 e. The van der Waals surface area contributed by atoms with E-state index in [1.54, 1.807) is 6.20 Å². The Kier molecular flexibility index (Phi) is 4.81. The highest BCUT2D eigenvalue weighted by Crippen LogP contribution is 2.16. The summed E-state index contributed by atoms with van der Waals surface area (Å²) in [6.45, 7) is 6.18. The molecule has 0 saturated heterocycles. The van der Waals surface area contributed by atoms with Crippen molar-refractivity contribution in [2.24, 2.45) is 5.84 Å². The van der Waals surface area contributed by atoms with Crippen LogP contribution in [0.5, 0.6) is 0 Å². The monoisotopic (exact) mass is 274 g/mol. The van der Waals surface area contributed by atoms with E-state index in [-0.39, 0.29) is 6.04 Å². The van der Waals surface area contributed by atoms with Gasteiger partial charge in [-0.2, -0.15) is 5.10 Å². The fraction of sp³-hybridized carbons (Fsp3) is 0.500. The predicted molar refractivity (Wildman–Crippen MR) is 77.8 cm³/mol. The molecule has 3 N–H and O–H groups in total. The van der Waals surface area contributed by atoms with Crippen molar-refractivity contribution in [3.05, 3.63) is 41.7 Å². The molecule has 2 aromatic heterocycles. The van der Waals surface area contributed by atoms with Crippen LogP contribution in [-0.2, 0) is 6.42 Å². The summed E-state index contributed by atoms with van der Waals surface area (Å²) in [5.41, 5.74) is 4.70. The quantitative estimate of drug-likeness (QED) is 0.619. The van der Waals surface area contributed by atoms with Crippen molar-refractivity contribution in [2.45, 2.75) is 45.7 Å². The molecule has 2 heterocycles. The van der Waals surface area contributed by atoms with E-state index in [9.17, 15) is 0 Å². The van der Waals surface area contributed by atoms with Crippen LogP contribution in [0.3, 0.4) is 0 Å². The molecule has 0 saturated carbocycles. The molecular weight excluding hydrogens is 252 g/mol. The van der Waals surface area contributed by atoms with Gasteiger partial charge in [0.05, 0.1) is 17.4 Å². The van der Waals surface area contributed by atoms with Gasteiger partial charge >= 0.3 is 0 Å². The number of aryl methyl sites for hydroxylation is 1. The molecule has 0 aliphatic rings. The Labute approximate surface area is 119 Å². The van der Waals surface area contributed by atoms with Crippen LogP contribution in [0.25, 0.3) is 0 Å². The smallest absolute Gasteiger partial charge is 0.125 e. The lowest BCUT2D eigenvalue weighted by atomic mass is 10.1. The summed E-state index contributed by atoms with van der Waals surface area (Å²) < 4.78 is 1.99. The summed E-state index contributed by atoms with van der Waals surface area (Å²) >= 11 is 0. The molecule has 6 heteroatoms. The first-order valence-corrected chi connectivity index (χ1v) is 6.93. The van der Waals surface area contributed by atoms with Gasteiger partial charge in [0.1, 0.15) is 5.82 Å². The van der Waals surface area contributed by atoms with E-state index >= 15 is 0 Å². The summed E-state index contributed by atoms with van der Waals surface area (Å²) in [4.78, 5) is 8.51. The third-order valence-corrected chi connectivity index (χ3v) is 3.48. The first-order valence-electron chi connectivity index (χ1n) is 6.93. The Morgan fingerprint density at radius 2 is 2.20 bits per heavy atom. The van der Waals surface area contributed by atoms with Gasteiger partial charge in [0, 0.05) is 24.9 Å². The Morgan fingerprint density at radius 1 is 1.40 bits per heavy atom. The molecule has 20 heavy (non-hydrogen) atoms. The van der Waals surface area contributed by atoms with E-state index in [2.05, 4.69) is 34.3 Å². The number of rotatable bonds is 6. The molecule has 0 aromatic carbocycles. The Balaban J connectivity index is 2.12. The van der Waals surface area contributed by atoms with Crippen molar-refractivity contribution in [1.29, 1.82) is 0 Å². The van der Waals surface area contributed by atoms with Crippen LogP contribution in [0.2, 0.25) is 0 Å². The molecular formula is C14H22N6. The van der Waals surface area contributed by atoms with Gasteiger partial charge in [-0.05, 0) is 32.4 Å². The van der Waals surface area contributed by atoms with E-state index in [0.717, 1.165) is 23.6 Å². The predicted octanol–water partition coefficient (Wildman–Crippen LogP) is 1.70. The van der Waals surface area contributed by atoms with Crippen LogP contribution >= 0.6 is 0 Å². The normalized spacial score (nSPS) is 14.2. The van der Waals surface area contributed by atoms with Gasteiger partial charge in [0.25, 0.3) is 0 Å². The molecule has 2 unspecified atom stereocenters. The molecule has 0 radical (unpaired) electrons. The second-order valence-electron chi connectivity index (χ2n) is 5.00. The van der Waals surface area contributed by atoms with E-state index in [1.165, 1.54) is 0 Å². The van der Waals surface area contributed by atoms with Crippen LogP contribution < -0.4 is 11.3 Å². The minimum Gasteiger partial charge on any atom is -0.271 e. The van der Waals surface area contributed by atoms with Gasteiger partial charge in [0.2, 0.25) is 0 Å². The highest BCUT2D eigenvalue weighted by atomic mass is 15.3. The van der Waals surface area contributed by atoms with Crippen LogP contribution in [-0.4, -0.2) is 19.7 Å². The number of hydrogen-bond acceptors (Lipinski definition) is 5. The summed E-state index contributed by atoms with van der Waals surface area (Å²) in [5.74, 6) is 6.39. The molecule has 0 amide bonds. The van der Waals surface area contributed by atoms with E-state index in [1.807, 2.05) is 29.9 Å². The lowest BCUT2D eigenvalue weighted by Gasteiger charge is -2.14. The van der Waals surface area contributed by atoms with Gasteiger partial charge in [-0.1, -0.05) is 6.92 Å². The number of nitrogens with zero attached hydrogens (tertiary/aromatic N) is 4. The molecule has 0 fully saturated rings. The maximum absolute atomic E-state index is 5.65. The van der Waals surface area contributed by atoms with E-state index in [0.29, 0.717) is 12.5 Å². The summed E-state index contributed by atoms with van der Waals surface area (Å²) in [7, 11) is 0.